The van der Waals surface area contributed by atoms with Crippen LogP contribution in [0.3, 0.4) is 0 Å². The molecule has 3 rings (SSSR count). The van der Waals surface area contributed by atoms with E-state index in [0.717, 1.165) is 16.3 Å². The van der Waals surface area contributed by atoms with E-state index in [2.05, 4.69) is 0 Å². The summed E-state index contributed by atoms with van der Waals surface area (Å²) in [6, 6.07) is 21.0. The number of nitrogens with zero attached hydrogens (tertiary/aromatic N) is 1. The quantitative estimate of drug-likeness (QED) is 0.610. The molecular formula is C21H18ClNO3S. The molecule has 27 heavy (non-hydrogen) atoms. The molecule has 1 amide bonds. The standard InChI is InChI=1S/C21H18ClNO3S/c1-2-16-11-13-19(14-12-16)23(21(24)17-7-6-8-18(22)15-17)27(25,26)20-9-4-3-5-10-20/h3-15H,2H2,1H3. The van der Waals surface area contributed by atoms with E-state index in [1.54, 1.807) is 48.5 Å². The highest BCUT2D eigenvalue weighted by atomic mass is 35.5. The summed E-state index contributed by atoms with van der Waals surface area (Å²) in [5, 5.41) is 0.360. The third-order valence-corrected chi connectivity index (χ3v) is 6.08. The van der Waals surface area contributed by atoms with Gasteiger partial charge < -0.3 is 0 Å². The van der Waals surface area contributed by atoms with E-state index >= 15 is 0 Å². The second-order valence-electron chi connectivity index (χ2n) is 5.92. The van der Waals surface area contributed by atoms with Crippen molar-refractivity contribution in [1.82, 2.24) is 0 Å². The van der Waals surface area contributed by atoms with Gasteiger partial charge in [0.15, 0.2) is 0 Å². The molecule has 0 saturated heterocycles. The third kappa shape index (κ3) is 4.04. The van der Waals surface area contributed by atoms with Crippen LogP contribution in [0, 0.1) is 0 Å². The van der Waals surface area contributed by atoms with Crippen LogP contribution in [0.2, 0.25) is 5.02 Å². The Kier molecular flexibility index (Phi) is 5.63. The monoisotopic (exact) mass is 399 g/mol. The van der Waals surface area contributed by atoms with E-state index in [1.165, 1.54) is 18.2 Å². The number of aryl methyl sites for hydroxylation is 1. The summed E-state index contributed by atoms with van der Waals surface area (Å²) in [7, 11) is -4.09. The molecule has 0 spiro atoms. The normalized spacial score (nSPS) is 11.2. The van der Waals surface area contributed by atoms with Crippen LogP contribution in [0.1, 0.15) is 22.8 Å². The second kappa shape index (κ2) is 7.94. The van der Waals surface area contributed by atoms with Crippen LogP contribution in [-0.4, -0.2) is 14.3 Å². The molecule has 0 bridgehead atoms. The molecule has 0 saturated carbocycles. The maximum atomic E-state index is 13.3. The zero-order valence-corrected chi connectivity index (χ0v) is 16.2. The highest BCUT2D eigenvalue weighted by molar-refractivity contribution is 7.93. The molecule has 0 aliphatic carbocycles. The van der Waals surface area contributed by atoms with Crippen molar-refractivity contribution in [3.63, 3.8) is 0 Å². The molecule has 0 heterocycles. The van der Waals surface area contributed by atoms with E-state index < -0.39 is 15.9 Å². The molecule has 0 atom stereocenters. The molecule has 138 valence electrons. The highest BCUT2D eigenvalue weighted by Gasteiger charge is 2.31. The molecule has 0 radical (unpaired) electrons. The van der Waals surface area contributed by atoms with Gasteiger partial charge in [-0.2, -0.15) is 4.31 Å². The van der Waals surface area contributed by atoms with Gasteiger partial charge in [-0.1, -0.05) is 54.9 Å². The third-order valence-electron chi connectivity index (χ3n) is 4.12. The molecule has 3 aromatic rings. The van der Waals surface area contributed by atoms with Crippen LogP contribution in [0.5, 0.6) is 0 Å². The average Bonchev–Trinajstić information content (AvgIpc) is 2.69. The number of sulfonamides is 1. The fraction of sp³-hybridized carbons (Fsp3) is 0.0952. The predicted molar refractivity (Wildman–Crippen MR) is 108 cm³/mol. The molecule has 0 aromatic heterocycles. The smallest absolute Gasteiger partial charge is 0.268 e. The molecule has 0 unspecified atom stereocenters. The number of carbonyl (C=O) groups is 1. The first kappa shape index (κ1) is 19.1. The Labute approximate surface area is 164 Å². The molecular weight excluding hydrogens is 382 g/mol. The van der Waals surface area contributed by atoms with Crippen LogP contribution in [0.4, 0.5) is 5.69 Å². The number of hydrogen-bond donors (Lipinski definition) is 0. The van der Waals surface area contributed by atoms with Gasteiger partial charge in [-0.3, -0.25) is 4.79 Å². The van der Waals surface area contributed by atoms with Crippen molar-refractivity contribution < 1.29 is 13.2 Å². The molecule has 0 fully saturated rings. The number of carbonyl (C=O) groups excluding carboxylic acids is 1. The topological polar surface area (TPSA) is 54.5 Å². The number of amides is 1. The highest BCUT2D eigenvalue weighted by Crippen LogP contribution is 2.27. The molecule has 4 nitrogen and oxygen atoms in total. The van der Waals surface area contributed by atoms with Crippen molar-refractivity contribution in [2.24, 2.45) is 0 Å². The lowest BCUT2D eigenvalue weighted by Gasteiger charge is -2.23. The minimum Gasteiger partial charge on any atom is -0.268 e. The van der Waals surface area contributed by atoms with E-state index in [4.69, 9.17) is 11.6 Å². The first-order valence-corrected chi connectivity index (χ1v) is 10.2. The largest absolute Gasteiger partial charge is 0.272 e. The maximum absolute atomic E-state index is 13.3. The van der Waals surface area contributed by atoms with E-state index in [1.807, 2.05) is 19.1 Å². The van der Waals surface area contributed by atoms with Gasteiger partial charge >= 0.3 is 0 Å². The van der Waals surface area contributed by atoms with Gasteiger partial charge in [0.2, 0.25) is 0 Å². The van der Waals surface area contributed by atoms with Gasteiger partial charge in [0.1, 0.15) is 0 Å². The summed E-state index contributed by atoms with van der Waals surface area (Å²) in [4.78, 5) is 13.2. The van der Waals surface area contributed by atoms with Crippen molar-refractivity contribution in [2.75, 3.05) is 4.31 Å². The molecule has 6 heteroatoms. The van der Waals surface area contributed by atoms with Crippen LogP contribution >= 0.6 is 11.6 Å². The van der Waals surface area contributed by atoms with Crippen LogP contribution < -0.4 is 4.31 Å². The van der Waals surface area contributed by atoms with E-state index in [-0.39, 0.29) is 16.1 Å². The number of halogens is 1. The Bertz CT molecular complexity index is 1050. The maximum Gasteiger partial charge on any atom is 0.272 e. The fourth-order valence-electron chi connectivity index (χ4n) is 2.67. The average molecular weight is 400 g/mol. The number of benzene rings is 3. The van der Waals surface area contributed by atoms with Crippen molar-refractivity contribution >= 4 is 33.2 Å². The summed E-state index contributed by atoms with van der Waals surface area (Å²) in [5.74, 6) is -0.661. The molecule has 0 aliphatic rings. The summed E-state index contributed by atoms with van der Waals surface area (Å²) in [6.45, 7) is 2.00. The molecule has 0 N–H and O–H groups in total. The molecule has 0 aliphatic heterocycles. The number of rotatable bonds is 5. The van der Waals surface area contributed by atoms with Gasteiger partial charge in [-0.25, -0.2) is 8.42 Å². The van der Waals surface area contributed by atoms with E-state index in [9.17, 15) is 13.2 Å². The molecule has 3 aromatic carbocycles. The Morgan fingerprint density at radius 2 is 1.59 bits per heavy atom. The van der Waals surface area contributed by atoms with Gasteiger partial charge in [0.25, 0.3) is 15.9 Å². The van der Waals surface area contributed by atoms with E-state index in [0.29, 0.717) is 5.02 Å². The lowest BCUT2D eigenvalue weighted by molar-refractivity contribution is 0.101. The Morgan fingerprint density at radius 1 is 0.926 bits per heavy atom. The van der Waals surface area contributed by atoms with Crippen molar-refractivity contribution in [2.45, 2.75) is 18.2 Å². The van der Waals surface area contributed by atoms with Gasteiger partial charge in [0.05, 0.1) is 10.6 Å². The minimum absolute atomic E-state index is 0.0416. The first-order valence-electron chi connectivity index (χ1n) is 8.42. The summed E-state index contributed by atoms with van der Waals surface area (Å²) < 4.78 is 27.3. The van der Waals surface area contributed by atoms with Gasteiger partial charge in [0, 0.05) is 10.6 Å². The lowest BCUT2D eigenvalue weighted by atomic mass is 10.1. The predicted octanol–water partition coefficient (Wildman–Crippen LogP) is 4.94. The second-order valence-corrected chi connectivity index (χ2v) is 8.14. The minimum atomic E-state index is -4.09. The number of anilines is 1. The van der Waals surface area contributed by atoms with Crippen LogP contribution in [-0.2, 0) is 16.4 Å². The Morgan fingerprint density at radius 3 is 2.19 bits per heavy atom. The van der Waals surface area contributed by atoms with Crippen molar-refractivity contribution in [3.8, 4) is 0 Å². The van der Waals surface area contributed by atoms with Gasteiger partial charge in [-0.15, -0.1) is 0 Å². The summed E-state index contributed by atoms with van der Waals surface area (Å²) in [6.07, 6.45) is 0.813. The summed E-state index contributed by atoms with van der Waals surface area (Å²) >= 11 is 5.99. The zero-order chi connectivity index (χ0) is 19.4. The number of hydrogen-bond acceptors (Lipinski definition) is 3. The van der Waals surface area contributed by atoms with Crippen LogP contribution in [0.15, 0.2) is 83.8 Å². The SMILES string of the molecule is CCc1ccc(N(C(=O)c2cccc(Cl)c2)S(=O)(=O)c2ccccc2)cc1. The Hall–Kier alpha value is -2.63. The lowest BCUT2D eigenvalue weighted by Crippen LogP contribution is -2.37. The Balaban J connectivity index is 2.15. The summed E-state index contributed by atoms with van der Waals surface area (Å²) in [5.41, 5.74) is 1.52. The van der Waals surface area contributed by atoms with Crippen molar-refractivity contribution in [1.29, 1.82) is 0 Å². The fourth-order valence-corrected chi connectivity index (χ4v) is 4.29. The van der Waals surface area contributed by atoms with Crippen LogP contribution in [0.25, 0.3) is 0 Å². The first-order chi connectivity index (χ1) is 12.9. The van der Waals surface area contributed by atoms with Crippen molar-refractivity contribution in [3.05, 3.63) is 95.0 Å². The zero-order valence-electron chi connectivity index (χ0n) is 14.7. The van der Waals surface area contributed by atoms with Gasteiger partial charge in [-0.05, 0) is 54.4 Å².